The molecule has 0 unspecified atom stereocenters. The first-order valence-electron chi connectivity index (χ1n) is 10.5. The van der Waals surface area contributed by atoms with E-state index in [9.17, 15) is 4.79 Å². The SMILES string of the molecule is CC(C)[Si](C(C)C)(C(C)C)n1ccc2cc(C(=O)OCc3ccccc3)cnc21. The van der Waals surface area contributed by atoms with Gasteiger partial charge in [0, 0.05) is 11.6 Å². The summed E-state index contributed by atoms with van der Waals surface area (Å²) in [5.41, 5.74) is 4.19. The molecule has 0 aliphatic heterocycles. The molecule has 0 aliphatic carbocycles. The largest absolute Gasteiger partial charge is 0.457 e. The van der Waals surface area contributed by atoms with Crippen molar-refractivity contribution in [1.29, 1.82) is 0 Å². The van der Waals surface area contributed by atoms with Crippen molar-refractivity contribution >= 4 is 25.2 Å². The summed E-state index contributed by atoms with van der Waals surface area (Å²) >= 11 is 0. The molecule has 2 aromatic heterocycles. The van der Waals surface area contributed by atoms with Crippen molar-refractivity contribution in [2.45, 2.75) is 64.8 Å². The second-order valence-corrected chi connectivity index (χ2v) is 14.5. The average molecular weight is 409 g/mol. The molecule has 0 amide bonds. The third-order valence-corrected chi connectivity index (χ3v) is 12.9. The van der Waals surface area contributed by atoms with Gasteiger partial charge in [0.15, 0.2) is 8.24 Å². The second kappa shape index (κ2) is 8.53. The highest BCUT2D eigenvalue weighted by atomic mass is 28.3. The molecule has 0 saturated heterocycles. The topological polar surface area (TPSA) is 44.1 Å². The molecule has 0 saturated carbocycles. The number of carbonyl (C=O) groups excluding carboxylic acids is 1. The normalized spacial score (nSPS) is 12.3. The van der Waals surface area contributed by atoms with E-state index in [0.717, 1.165) is 16.6 Å². The molecular weight excluding hydrogens is 376 g/mol. The zero-order valence-electron chi connectivity index (χ0n) is 18.3. The van der Waals surface area contributed by atoms with E-state index in [-0.39, 0.29) is 12.6 Å². The maximum absolute atomic E-state index is 12.5. The number of fused-ring (bicyclic) bond motifs is 1. The first kappa shape index (κ1) is 21.3. The summed E-state index contributed by atoms with van der Waals surface area (Å²) in [6.07, 6.45) is 3.84. The predicted octanol–water partition coefficient (Wildman–Crippen LogP) is 6.42. The quantitative estimate of drug-likeness (QED) is 0.335. The number of esters is 1. The van der Waals surface area contributed by atoms with Gasteiger partial charge in [-0.1, -0.05) is 71.9 Å². The fourth-order valence-corrected chi connectivity index (χ4v) is 11.6. The van der Waals surface area contributed by atoms with Gasteiger partial charge in [0.05, 0.1) is 5.56 Å². The molecule has 29 heavy (non-hydrogen) atoms. The van der Waals surface area contributed by atoms with Crippen LogP contribution in [0.15, 0.2) is 54.9 Å². The van der Waals surface area contributed by atoms with Gasteiger partial charge in [-0.05, 0) is 40.5 Å². The van der Waals surface area contributed by atoms with Gasteiger partial charge in [0.25, 0.3) is 0 Å². The Labute approximate surface area is 175 Å². The van der Waals surface area contributed by atoms with Crippen LogP contribution in [0.1, 0.15) is 57.5 Å². The van der Waals surface area contributed by atoms with Crippen LogP contribution in [0.5, 0.6) is 0 Å². The molecule has 2 heterocycles. The minimum Gasteiger partial charge on any atom is -0.457 e. The van der Waals surface area contributed by atoms with Crippen LogP contribution in [0.2, 0.25) is 16.6 Å². The van der Waals surface area contributed by atoms with Crippen LogP contribution in [0.3, 0.4) is 0 Å². The Kier molecular flexibility index (Phi) is 6.27. The molecule has 5 heteroatoms. The van der Waals surface area contributed by atoms with Gasteiger partial charge >= 0.3 is 5.97 Å². The number of nitrogens with zero attached hydrogens (tertiary/aromatic N) is 2. The Morgan fingerprint density at radius 1 is 1.00 bits per heavy atom. The third kappa shape index (κ3) is 3.88. The second-order valence-electron chi connectivity index (χ2n) is 8.74. The van der Waals surface area contributed by atoms with E-state index in [1.807, 2.05) is 36.4 Å². The lowest BCUT2D eigenvalue weighted by atomic mass is 10.2. The van der Waals surface area contributed by atoms with Crippen LogP contribution in [-0.2, 0) is 11.3 Å². The van der Waals surface area contributed by atoms with E-state index in [1.54, 1.807) is 6.20 Å². The summed E-state index contributed by atoms with van der Waals surface area (Å²) in [6.45, 7) is 14.3. The van der Waals surface area contributed by atoms with Gasteiger partial charge < -0.3 is 8.97 Å². The minimum absolute atomic E-state index is 0.267. The third-order valence-electron chi connectivity index (χ3n) is 6.17. The van der Waals surface area contributed by atoms with Gasteiger partial charge in [-0.3, -0.25) is 0 Å². The van der Waals surface area contributed by atoms with Crippen LogP contribution in [0, 0.1) is 0 Å². The highest BCUT2D eigenvalue weighted by molar-refractivity contribution is 6.82. The Hall–Kier alpha value is -2.40. The lowest BCUT2D eigenvalue weighted by Crippen LogP contribution is -2.51. The number of ether oxygens (including phenoxy) is 1. The Bertz CT molecular complexity index is 955. The number of pyridine rings is 1. The minimum atomic E-state index is -1.88. The molecule has 3 aromatic rings. The van der Waals surface area contributed by atoms with Gasteiger partial charge in [0.1, 0.15) is 12.3 Å². The summed E-state index contributed by atoms with van der Waals surface area (Å²) in [7, 11) is -1.88. The lowest BCUT2D eigenvalue weighted by molar-refractivity contribution is 0.0472. The molecular formula is C24H32N2O2Si. The average Bonchev–Trinajstić information content (AvgIpc) is 3.10. The Morgan fingerprint density at radius 3 is 2.21 bits per heavy atom. The molecule has 0 bridgehead atoms. The van der Waals surface area contributed by atoms with Crippen molar-refractivity contribution in [3.63, 3.8) is 0 Å². The number of benzene rings is 1. The van der Waals surface area contributed by atoms with E-state index in [4.69, 9.17) is 9.72 Å². The molecule has 3 rings (SSSR count). The number of aromatic nitrogens is 2. The number of carbonyl (C=O) groups is 1. The van der Waals surface area contributed by atoms with Crippen molar-refractivity contribution in [3.05, 3.63) is 66.0 Å². The van der Waals surface area contributed by atoms with Gasteiger partial charge in [0.2, 0.25) is 0 Å². The van der Waals surface area contributed by atoms with Crippen LogP contribution in [-0.4, -0.2) is 23.4 Å². The summed E-state index contributed by atoms with van der Waals surface area (Å²) < 4.78 is 7.93. The fourth-order valence-electron chi connectivity index (χ4n) is 5.09. The monoisotopic (exact) mass is 408 g/mol. The van der Waals surface area contributed by atoms with Crippen molar-refractivity contribution < 1.29 is 9.53 Å². The smallest absolute Gasteiger partial charge is 0.340 e. The molecule has 0 aliphatic rings. The van der Waals surface area contributed by atoms with Gasteiger partial charge in [-0.15, -0.1) is 0 Å². The molecule has 1 aromatic carbocycles. The van der Waals surface area contributed by atoms with Crippen molar-refractivity contribution in [2.24, 2.45) is 0 Å². The Morgan fingerprint density at radius 2 is 1.62 bits per heavy atom. The van der Waals surface area contributed by atoms with E-state index < -0.39 is 8.24 Å². The molecule has 0 atom stereocenters. The van der Waals surface area contributed by atoms with Crippen molar-refractivity contribution in [2.75, 3.05) is 0 Å². The lowest BCUT2D eigenvalue weighted by Gasteiger charge is -2.44. The zero-order chi connectivity index (χ0) is 21.2. The molecule has 4 nitrogen and oxygen atoms in total. The Balaban J connectivity index is 1.92. The summed E-state index contributed by atoms with van der Waals surface area (Å²) in [4.78, 5) is 17.3. The molecule has 0 spiro atoms. The molecule has 0 N–H and O–H groups in total. The van der Waals surface area contributed by atoms with E-state index in [0.29, 0.717) is 22.2 Å². The van der Waals surface area contributed by atoms with Crippen LogP contribution in [0.25, 0.3) is 11.0 Å². The van der Waals surface area contributed by atoms with E-state index in [1.165, 1.54) is 0 Å². The van der Waals surface area contributed by atoms with Gasteiger partial charge in [-0.25, -0.2) is 9.78 Å². The maximum Gasteiger partial charge on any atom is 0.340 e. The van der Waals surface area contributed by atoms with Crippen LogP contribution in [0.4, 0.5) is 0 Å². The fraction of sp³-hybridized carbons (Fsp3) is 0.417. The highest BCUT2D eigenvalue weighted by Gasteiger charge is 2.45. The highest BCUT2D eigenvalue weighted by Crippen LogP contribution is 2.43. The number of hydrogen-bond acceptors (Lipinski definition) is 3. The zero-order valence-corrected chi connectivity index (χ0v) is 19.3. The molecule has 0 radical (unpaired) electrons. The van der Waals surface area contributed by atoms with E-state index in [2.05, 4.69) is 58.0 Å². The molecule has 154 valence electrons. The summed E-state index contributed by atoms with van der Waals surface area (Å²) in [5.74, 6) is -0.337. The first-order valence-corrected chi connectivity index (χ1v) is 12.6. The van der Waals surface area contributed by atoms with Crippen molar-refractivity contribution in [1.82, 2.24) is 9.22 Å². The number of hydrogen-bond donors (Lipinski definition) is 0. The van der Waals surface area contributed by atoms with Gasteiger partial charge in [-0.2, -0.15) is 0 Å². The summed E-state index contributed by atoms with van der Waals surface area (Å²) in [6, 6.07) is 13.7. The molecule has 0 fully saturated rings. The standard InChI is InChI=1S/C24H32N2O2Si/c1-17(2)29(18(3)4,19(5)6)26-13-12-21-14-22(15-25-23(21)26)24(27)28-16-20-10-8-7-9-11-20/h7-15,17-19H,16H2,1-6H3. The first-order chi connectivity index (χ1) is 13.8. The maximum atomic E-state index is 12.5. The van der Waals surface area contributed by atoms with Crippen molar-refractivity contribution in [3.8, 4) is 0 Å². The van der Waals surface area contributed by atoms with Crippen LogP contribution < -0.4 is 0 Å². The van der Waals surface area contributed by atoms with E-state index >= 15 is 0 Å². The van der Waals surface area contributed by atoms with Crippen LogP contribution >= 0.6 is 0 Å². The predicted molar refractivity (Wildman–Crippen MR) is 122 cm³/mol. The number of rotatable bonds is 7. The summed E-state index contributed by atoms with van der Waals surface area (Å²) in [5, 5.41) is 0.998.